The van der Waals surface area contributed by atoms with E-state index in [9.17, 15) is 14.7 Å². The lowest BCUT2D eigenvalue weighted by Crippen LogP contribution is -2.34. The number of rotatable bonds is 3. The highest BCUT2D eigenvalue weighted by molar-refractivity contribution is 7.80. The molecular weight excluding hydrogens is 340 g/mol. The van der Waals surface area contributed by atoms with Crippen molar-refractivity contribution < 1.29 is 19.8 Å². The zero-order valence-electron chi connectivity index (χ0n) is 11.5. The second-order valence-corrected chi connectivity index (χ2v) is 5.30. The number of carbonyl (C=O) groups excluding carboxylic acids is 1. The molecule has 0 atom stereocenters. The molecule has 8 heteroatoms. The third-order valence-electron chi connectivity index (χ3n) is 2.82. The Labute approximate surface area is 141 Å². The van der Waals surface area contributed by atoms with Gasteiger partial charge in [-0.05, 0) is 48.6 Å². The van der Waals surface area contributed by atoms with Crippen LogP contribution < -0.4 is 10.6 Å². The summed E-state index contributed by atoms with van der Waals surface area (Å²) in [5, 5.41) is 24.1. The van der Waals surface area contributed by atoms with Crippen molar-refractivity contribution in [3.8, 4) is 5.75 Å². The monoisotopic (exact) mass is 350 g/mol. The van der Waals surface area contributed by atoms with Crippen LogP contribution in [0, 0.1) is 0 Å². The normalized spacial score (nSPS) is 9.96. The summed E-state index contributed by atoms with van der Waals surface area (Å²) in [4.78, 5) is 22.8. The van der Waals surface area contributed by atoms with E-state index < -0.39 is 17.6 Å². The van der Waals surface area contributed by atoms with Crippen LogP contribution in [0.25, 0.3) is 0 Å². The molecule has 23 heavy (non-hydrogen) atoms. The standard InChI is InChI=1S/C15H11ClN2O4S/c16-9-3-1-8(2-4-9)13(20)18-15(23)17-10-5-6-11(14(21)22)12(19)7-10/h1-7,19H,(H,21,22)(H2,17,18,20,23). The van der Waals surface area contributed by atoms with Crippen LogP contribution in [0.5, 0.6) is 5.75 Å². The minimum Gasteiger partial charge on any atom is -0.507 e. The number of aromatic hydroxyl groups is 1. The quantitative estimate of drug-likeness (QED) is 0.635. The maximum atomic E-state index is 12.0. The van der Waals surface area contributed by atoms with Crippen LogP contribution in [0.1, 0.15) is 20.7 Å². The lowest BCUT2D eigenvalue weighted by atomic mass is 10.2. The van der Waals surface area contributed by atoms with Crippen molar-refractivity contribution >= 4 is 46.5 Å². The highest BCUT2D eigenvalue weighted by atomic mass is 35.5. The first-order chi connectivity index (χ1) is 10.9. The number of hydrogen-bond donors (Lipinski definition) is 4. The molecule has 2 rings (SSSR count). The second kappa shape index (κ2) is 7.08. The highest BCUT2D eigenvalue weighted by Gasteiger charge is 2.11. The van der Waals surface area contributed by atoms with E-state index in [1.807, 2.05) is 0 Å². The van der Waals surface area contributed by atoms with Gasteiger partial charge in [-0.25, -0.2) is 4.79 Å². The lowest BCUT2D eigenvalue weighted by Gasteiger charge is -2.10. The van der Waals surface area contributed by atoms with Gasteiger partial charge in [0.05, 0.1) is 0 Å². The van der Waals surface area contributed by atoms with Gasteiger partial charge >= 0.3 is 5.97 Å². The Morgan fingerprint density at radius 2 is 1.74 bits per heavy atom. The van der Waals surface area contributed by atoms with E-state index in [2.05, 4.69) is 10.6 Å². The van der Waals surface area contributed by atoms with Crippen LogP contribution in [0.4, 0.5) is 5.69 Å². The maximum Gasteiger partial charge on any atom is 0.339 e. The Balaban J connectivity index is 2.02. The van der Waals surface area contributed by atoms with Crippen molar-refractivity contribution in [3.63, 3.8) is 0 Å². The van der Waals surface area contributed by atoms with Crippen molar-refractivity contribution in [2.75, 3.05) is 5.32 Å². The van der Waals surface area contributed by atoms with Crippen LogP contribution in [0.3, 0.4) is 0 Å². The molecule has 0 aromatic heterocycles. The molecule has 0 fully saturated rings. The van der Waals surface area contributed by atoms with Gasteiger partial charge < -0.3 is 15.5 Å². The number of carbonyl (C=O) groups is 2. The Morgan fingerprint density at radius 1 is 1.09 bits per heavy atom. The summed E-state index contributed by atoms with van der Waals surface area (Å²) in [5.74, 6) is -2.08. The fraction of sp³-hybridized carbons (Fsp3) is 0. The maximum absolute atomic E-state index is 12.0. The summed E-state index contributed by atoms with van der Waals surface area (Å²) >= 11 is 10.7. The van der Waals surface area contributed by atoms with Gasteiger partial charge in [0.25, 0.3) is 5.91 Å². The molecule has 0 spiro atoms. The Hall–Kier alpha value is -2.64. The average Bonchev–Trinajstić information content (AvgIpc) is 2.47. The summed E-state index contributed by atoms with van der Waals surface area (Å²) in [7, 11) is 0. The van der Waals surface area contributed by atoms with E-state index in [1.54, 1.807) is 24.3 Å². The van der Waals surface area contributed by atoms with Crippen molar-refractivity contribution in [1.29, 1.82) is 0 Å². The predicted octanol–water partition coefficient (Wildman–Crippen LogP) is 2.87. The van der Waals surface area contributed by atoms with E-state index in [0.717, 1.165) is 0 Å². The Kier molecular flexibility index (Phi) is 5.15. The minimum atomic E-state index is -1.24. The molecule has 0 aliphatic heterocycles. The van der Waals surface area contributed by atoms with Crippen molar-refractivity contribution in [1.82, 2.24) is 5.32 Å². The number of benzene rings is 2. The molecule has 1 amide bonds. The van der Waals surface area contributed by atoms with Gasteiger partial charge in [-0.15, -0.1) is 0 Å². The number of halogens is 1. The van der Waals surface area contributed by atoms with Gasteiger partial charge in [0, 0.05) is 22.3 Å². The van der Waals surface area contributed by atoms with E-state index in [0.29, 0.717) is 16.3 Å². The molecule has 0 radical (unpaired) electrons. The predicted molar refractivity (Wildman–Crippen MR) is 90.2 cm³/mol. The zero-order valence-corrected chi connectivity index (χ0v) is 13.1. The molecule has 0 heterocycles. The molecule has 2 aromatic carbocycles. The van der Waals surface area contributed by atoms with Crippen LogP contribution in [-0.2, 0) is 0 Å². The lowest BCUT2D eigenvalue weighted by molar-refractivity contribution is 0.0693. The van der Waals surface area contributed by atoms with E-state index in [-0.39, 0.29) is 10.7 Å². The largest absolute Gasteiger partial charge is 0.507 e. The van der Waals surface area contributed by atoms with Crippen molar-refractivity contribution in [2.45, 2.75) is 0 Å². The van der Waals surface area contributed by atoms with E-state index >= 15 is 0 Å². The Morgan fingerprint density at radius 3 is 2.30 bits per heavy atom. The molecule has 118 valence electrons. The number of hydrogen-bond acceptors (Lipinski definition) is 4. The number of amides is 1. The molecule has 4 N–H and O–H groups in total. The summed E-state index contributed by atoms with van der Waals surface area (Å²) in [6, 6.07) is 10.1. The Bertz CT molecular complexity index is 778. The molecule has 6 nitrogen and oxygen atoms in total. The molecule has 0 saturated heterocycles. The number of anilines is 1. The summed E-state index contributed by atoms with van der Waals surface area (Å²) < 4.78 is 0. The number of thiocarbonyl (C=S) groups is 1. The van der Waals surface area contributed by atoms with Gasteiger partial charge in [-0.2, -0.15) is 0 Å². The van der Waals surface area contributed by atoms with Gasteiger partial charge in [0.1, 0.15) is 11.3 Å². The van der Waals surface area contributed by atoms with Crippen LogP contribution in [-0.4, -0.2) is 27.2 Å². The average molecular weight is 351 g/mol. The van der Waals surface area contributed by atoms with E-state index in [4.69, 9.17) is 28.9 Å². The number of carboxylic acids is 1. The smallest absolute Gasteiger partial charge is 0.339 e. The summed E-state index contributed by atoms with van der Waals surface area (Å²) in [6.07, 6.45) is 0. The SMILES string of the molecule is O=C(NC(=S)Nc1ccc(C(=O)O)c(O)c1)c1ccc(Cl)cc1. The van der Waals surface area contributed by atoms with Crippen LogP contribution in [0.15, 0.2) is 42.5 Å². The van der Waals surface area contributed by atoms with Crippen molar-refractivity contribution in [2.24, 2.45) is 0 Å². The van der Waals surface area contributed by atoms with Gasteiger partial charge in [-0.3, -0.25) is 10.1 Å². The fourth-order valence-electron chi connectivity index (χ4n) is 1.73. The topological polar surface area (TPSA) is 98.7 Å². The molecule has 0 saturated carbocycles. The molecule has 2 aromatic rings. The molecule has 0 aliphatic carbocycles. The first kappa shape index (κ1) is 16.7. The first-order valence-corrected chi connectivity index (χ1v) is 7.09. The summed E-state index contributed by atoms with van der Waals surface area (Å²) in [5.41, 5.74) is 0.489. The first-order valence-electron chi connectivity index (χ1n) is 6.31. The number of carboxylic acid groups (broad SMARTS) is 1. The fourth-order valence-corrected chi connectivity index (χ4v) is 2.07. The number of nitrogens with one attached hydrogen (secondary N) is 2. The molecule has 0 bridgehead atoms. The van der Waals surface area contributed by atoms with Gasteiger partial charge in [-0.1, -0.05) is 11.6 Å². The third-order valence-corrected chi connectivity index (χ3v) is 3.28. The van der Waals surface area contributed by atoms with Gasteiger partial charge in [0.15, 0.2) is 5.11 Å². The second-order valence-electron chi connectivity index (χ2n) is 4.45. The number of phenols is 1. The molecule has 0 unspecified atom stereocenters. The summed E-state index contributed by atoms with van der Waals surface area (Å²) in [6.45, 7) is 0. The minimum absolute atomic E-state index is 0.00688. The highest BCUT2D eigenvalue weighted by Crippen LogP contribution is 2.21. The van der Waals surface area contributed by atoms with Crippen molar-refractivity contribution in [3.05, 3.63) is 58.6 Å². The molecule has 0 aliphatic rings. The van der Waals surface area contributed by atoms with Crippen LogP contribution >= 0.6 is 23.8 Å². The third kappa shape index (κ3) is 4.41. The molecular formula is C15H11ClN2O4S. The van der Waals surface area contributed by atoms with Crippen LogP contribution in [0.2, 0.25) is 5.02 Å². The zero-order chi connectivity index (χ0) is 17.0. The van der Waals surface area contributed by atoms with E-state index in [1.165, 1.54) is 18.2 Å². The van der Waals surface area contributed by atoms with Gasteiger partial charge in [0.2, 0.25) is 0 Å². The number of aromatic carboxylic acids is 1.